The summed E-state index contributed by atoms with van der Waals surface area (Å²) in [6.07, 6.45) is 1.30. The van der Waals surface area contributed by atoms with Crippen LogP contribution in [0.25, 0.3) is 6.08 Å². The molecule has 9 heteroatoms. The minimum Gasteiger partial charge on any atom is -0.493 e. The predicted molar refractivity (Wildman–Crippen MR) is 108 cm³/mol. The zero-order valence-corrected chi connectivity index (χ0v) is 17.0. The van der Waals surface area contributed by atoms with Crippen molar-refractivity contribution >= 4 is 45.5 Å². The smallest absolute Gasteiger partial charge is 0.319 e. The minimum absolute atomic E-state index is 0.291. The fourth-order valence-corrected chi connectivity index (χ4v) is 2.72. The Morgan fingerprint density at radius 2 is 1.96 bits per heavy atom. The molecular weight excluding hydrogens is 450 g/mol. The van der Waals surface area contributed by atoms with Gasteiger partial charge >= 0.3 is 6.03 Å². The predicted octanol–water partition coefficient (Wildman–Crippen LogP) is 3.79. The summed E-state index contributed by atoms with van der Waals surface area (Å²) in [5, 5.41) is 11.6. The van der Waals surface area contributed by atoms with Crippen molar-refractivity contribution in [3.63, 3.8) is 0 Å². The highest BCUT2D eigenvalue weighted by Gasteiger charge is 2.14. The average molecular weight is 465 g/mol. The van der Waals surface area contributed by atoms with Gasteiger partial charge in [-0.1, -0.05) is 39.7 Å². The summed E-state index contributed by atoms with van der Waals surface area (Å²) in [5.41, 5.74) is 6.01. The summed E-state index contributed by atoms with van der Waals surface area (Å²) in [6, 6.07) is 11.1. The summed E-state index contributed by atoms with van der Waals surface area (Å²) in [6.45, 7) is 0.291. The minimum atomic E-state index is -1.05. The van der Waals surface area contributed by atoms with Crippen LogP contribution >= 0.6 is 27.5 Å². The number of hydrogen-bond donors (Lipinski definition) is 2. The lowest BCUT2D eigenvalue weighted by atomic mass is 10.1. The molecule has 0 aliphatic heterocycles. The zero-order valence-electron chi connectivity index (χ0n) is 14.7. The molecule has 0 aliphatic rings. The number of primary amides is 1. The second-order valence-electron chi connectivity index (χ2n) is 5.43. The van der Waals surface area contributed by atoms with Crippen LogP contribution in [0.2, 0.25) is 5.02 Å². The molecule has 2 rings (SSSR count). The third-order valence-corrected chi connectivity index (χ3v) is 4.43. The van der Waals surface area contributed by atoms with Crippen LogP contribution in [0.3, 0.4) is 0 Å². The summed E-state index contributed by atoms with van der Waals surface area (Å²) in [4.78, 5) is 22.6. The van der Waals surface area contributed by atoms with Gasteiger partial charge in [0.1, 0.15) is 18.2 Å². The Morgan fingerprint density at radius 3 is 2.54 bits per heavy atom. The van der Waals surface area contributed by atoms with Crippen LogP contribution in [0.4, 0.5) is 4.79 Å². The van der Waals surface area contributed by atoms with Crippen molar-refractivity contribution in [2.75, 3.05) is 7.11 Å². The highest BCUT2D eigenvalue weighted by molar-refractivity contribution is 9.10. The fourth-order valence-electron chi connectivity index (χ4n) is 2.16. The van der Waals surface area contributed by atoms with Gasteiger partial charge in [0.05, 0.1) is 7.11 Å². The molecule has 0 atom stereocenters. The number of rotatable bonds is 6. The summed E-state index contributed by atoms with van der Waals surface area (Å²) >= 11 is 9.24. The molecule has 2 aromatic carbocycles. The van der Waals surface area contributed by atoms with Gasteiger partial charge in [0.25, 0.3) is 5.91 Å². The van der Waals surface area contributed by atoms with Crippen molar-refractivity contribution < 1.29 is 19.1 Å². The number of nitrogens with two attached hydrogens (primary N) is 1. The second-order valence-corrected chi connectivity index (χ2v) is 6.72. The maximum absolute atomic E-state index is 11.8. The monoisotopic (exact) mass is 463 g/mol. The molecule has 28 heavy (non-hydrogen) atoms. The van der Waals surface area contributed by atoms with Gasteiger partial charge in [0.15, 0.2) is 11.5 Å². The number of methoxy groups -OCH3 is 1. The molecule has 3 amide bonds. The van der Waals surface area contributed by atoms with Crippen LogP contribution in [0.5, 0.6) is 11.5 Å². The highest BCUT2D eigenvalue weighted by atomic mass is 79.9. The van der Waals surface area contributed by atoms with E-state index in [4.69, 9.17) is 32.1 Å². The largest absolute Gasteiger partial charge is 0.493 e. The van der Waals surface area contributed by atoms with Gasteiger partial charge in [-0.3, -0.25) is 10.1 Å². The second kappa shape index (κ2) is 9.78. The number of nitrogens with one attached hydrogen (secondary N) is 1. The van der Waals surface area contributed by atoms with E-state index in [1.54, 1.807) is 30.3 Å². The number of benzene rings is 2. The number of carbonyl (C=O) groups is 2. The Morgan fingerprint density at radius 1 is 1.29 bits per heavy atom. The van der Waals surface area contributed by atoms with Gasteiger partial charge in [-0.2, -0.15) is 5.26 Å². The first kappa shape index (κ1) is 21.3. The molecule has 2 aromatic rings. The molecule has 0 aliphatic carbocycles. The van der Waals surface area contributed by atoms with E-state index >= 15 is 0 Å². The Hall–Kier alpha value is -3.02. The third-order valence-electron chi connectivity index (χ3n) is 3.49. The van der Waals surface area contributed by atoms with Crippen LogP contribution in [0.1, 0.15) is 11.1 Å². The van der Waals surface area contributed by atoms with E-state index in [2.05, 4.69) is 15.9 Å². The first-order valence-corrected chi connectivity index (χ1v) is 8.98. The van der Waals surface area contributed by atoms with Crippen molar-refractivity contribution in [3.8, 4) is 17.6 Å². The molecule has 0 saturated carbocycles. The van der Waals surface area contributed by atoms with Gasteiger partial charge in [0, 0.05) is 9.50 Å². The number of hydrogen-bond acceptors (Lipinski definition) is 5. The number of ether oxygens (including phenoxy) is 2. The summed E-state index contributed by atoms with van der Waals surface area (Å²) in [5.74, 6) is -0.0403. The molecule has 0 saturated heterocycles. The molecule has 3 N–H and O–H groups in total. The van der Waals surface area contributed by atoms with Crippen LogP contribution in [-0.4, -0.2) is 19.0 Å². The number of halogens is 2. The summed E-state index contributed by atoms with van der Waals surface area (Å²) in [7, 11) is 1.47. The van der Waals surface area contributed by atoms with Gasteiger partial charge in [0.2, 0.25) is 0 Å². The molecule has 0 heterocycles. The Bertz CT molecular complexity index is 968. The molecule has 0 bridgehead atoms. The molecule has 0 spiro atoms. The van der Waals surface area contributed by atoms with Crippen LogP contribution in [0, 0.1) is 11.3 Å². The number of imide groups is 1. The quantitative estimate of drug-likeness (QED) is 0.498. The summed E-state index contributed by atoms with van der Waals surface area (Å²) < 4.78 is 11.7. The molecule has 0 aromatic heterocycles. The first-order valence-electron chi connectivity index (χ1n) is 7.81. The van der Waals surface area contributed by atoms with Gasteiger partial charge in [-0.25, -0.2) is 4.79 Å². The van der Waals surface area contributed by atoms with E-state index in [-0.39, 0.29) is 5.57 Å². The Balaban J connectivity index is 2.28. The zero-order chi connectivity index (χ0) is 20.7. The average Bonchev–Trinajstić information content (AvgIpc) is 2.66. The van der Waals surface area contributed by atoms with Crippen LogP contribution in [-0.2, 0) is 11.4 Å². The molecule has 144 valence electrons. The molecule has 0 unspecified atom stereocenters. The van der Waals surface area contributed by atoms with E-state index in [0.717, 1.165) is 5.56 Å². The van der Waals surface area contributed by atoms with Crippen molar-refractivity contribution in [3.05, 3.63) is 62.6 Å². The lowest BCUT2D eigenvalue weighted by molar-refractivity contribution is -0.115. The lowest BCUT2D eigenvalue weighted by Gasteiger charge is -2.13. The van der Waals surface area contributed by atoms with Crippen LogP contribution < -0.4 is 20.5 Å². The van der Waals surface area contributed by atoms with Crippen molar-refractivity contribution in [1.82, 2.24) is 5.32 Å². The van der Waals surface area contributed by atoms with Crippen molar-refractivity contribution in [2.45, 2.75) is 6.61 Å². The van der Waals surface area contributed by atoms with Crippen LogP contribution in [0.15, 0.2) is 46.4 Å². The molecule has 0 fully saturated rings. The number of amides is 3. The number of urea groups is 1. The van der Waals surface area contributed by atoms with E-state index in [0.29, 0.717) is 33.2 Å². The van der Waals surface area contributed by atoms with E-state index < -0.39 is 11.9 Å². The number of carbonyl (C=O) groups excluding carboxylic acids is 2. The van der Waals surface area contributed by atoms with Crippen molar-refractivity contribution in [1.29, 1.82) is 5.26 Å². The molecule has 0 radical (unpaired) electrons. The Kier molecular flexibility index (Phi) is 7.44. The highest BCUT2D eigenvalue weighted by Crippen LogP contribution is 2.35. The fraction of sp³-hybridized carbons (Fsp3) is 0.105. The number of nitriles is 1. The van der Waals surface area contributed by atoms with Gasteiger partial charge in [-0.15, -0.1) is 0 Å². The van der Waals surface area contributed by atoms with E-state index in [1.165, 1.54) is 13.2 Å². The van der Waals surface area contributed by atoms with Gasteiger partial charge in [-0.05, 0) is 41.5 Å². The van der Waals surface area contributed by atoms with E-state index in [1.807, 2.05) is 17.4 Å². The molecule has 7 nitrogen and oxygen atoms in total. The SMILES string of the molecule is COc1cc(/C=C(/C#N)C(=O)NC(N)=O)c(Br)cc1OCc1ccc(Cl)cc1. The maximum Gasteiger partial charge on any atom is 0.319 e. The Labute approximate surface area is 174 Å². The normalized spacial score (nSPS) is 10.7. The van der Waals surface area contributed by atoms with E-state index in [9.17, 15) is 9.59 Å². The van der Waals surface area contributed by atoms with Crippen molar-refractivity contribution in [2.24, 2.45) is 5.73 Å². The first-order chi connectivity index (χ1) is 13.3. The molecular formula is C19H15BrClN3O4. The third kappa shape index (κ3) is 5.74. The standard InChI is InChI=1S/C19H15BrClN3O4/c1-27-16-7-12(6-13(9-22)18(25)24-19(23)26)15(20)8-17(16)28-10-11-2-4-14(21)5-3-11/h2-8H,10H2,1H3,(H3,23,24,25,26)/b13-6-. The van der Waals surface area contributed by atoms with Gasteiger partial charge < -0.3 is 15.2 Å². The lowest BCUT2D eigenvalue weighted by Crippen LogP contribution is -2.35. The maximum atomic E-state index is 11.8. The topological polar surface area (TPSA) is 114 Å². The number of nitrogens with zero attached hydrogens (tertiary/aromatic N) is 1.